The molecule has 0 bridgehead atoms. The van der Waals surface area contributed by atoms with E-state index >= 15 is 0 Å². The van der Waals surface area contributed by atoms with Crippen LogP contribution in [0.1, 0.15) is 6.92 Å². The van der Waals surface area contributed by atoms with Gasteiger partial charge in [0.25, 0.3) is 0 Å². The van der Waals surface area contributed by atoms with Crippen molar-refractivity contribution in [2.45, 2.75) is 19.5 Å². The highest BCUT2D eigenvalue weighted by atomic mass is 16.5. The van der Waals surface area contributed by atoms with E-state index < -0.39 is 0 Å². The summed E-state index contributed by atoms with van der Waals surface area (Å²) in [6, 6.07) is 4.57. The summed E-state index contributed by atoms with van der Waals surface area (Å²) in [6.07, 6.45) is 3.84. The molecule has 0 spiro atoms. The van der Waals surface area contributed by atoms with Gasteiger partial charge in [0.2, 0.25) is 0 Å². The lowest BCUT2D eigenvalue weighted by molar-refractivity contribution is 0.286. The Morgan fingerprint density at radius 2 is 2.24 bits per heavy atom. The van der Waals surface area contributed by atoms with Gasteiger partial charge in [0.05, 0.1) is 13.3 Å². The van der Waals surface area contributed by atoms with Gasteiger partial charge in [-0.1, -0.05) is 0 Å². The van der Waals surface area contributed by atoms with Gasteiger partial charge in [0.15, 0.2) is 0 Å². The molecular formula is C13H19N3O. The highest BCUT2D eigenvalue weighted by molar-refractivity contribution is 5.77. The molecule has 0 amide bonds. The smallest absolute Gasteiger partial charge is 0.140 e. The molecule has 0 N–H and O–H groups in total. The molecule has 92 valence electrons. The van der Waals surface area contributed by atoms with E-state index in [2.05, 4.69) is 47.7 Å². The van der Waals surface area contributed by atoms with Crippen molar-refractivity contribution >= 4 is 11.0 Å². The average molecular weight is 233 g/mol. The summed E-state index contributed by atoms with van der Waals surface area (Å²) >= 11 is 0. The monoisotopic (exact) mass is 233 g/mol. The third-order valence-electron chi connectivity index (χ3n) is 3.15. The molecule has 0 saturated heterocycles. The Kier molecular flexibility index (Phi) is 3.33. The van der Waals surface area contributed by atoms with Crippen LogP contribution in [0.15, 0.2) is 24.5 Å². The van der Waals surface area contributed by atoms with E-state index in [1.165, 1.54) is 0 Å². The molecule has 2 aromatic rings. The number of hydrogen-bond donors (Lipinski definition) is 0. The van der Waals surface area contributed by atoms with E-state index in [-0.39, 0.29) is 0 Å². The minimum Gasteiger partial charge on any atom is -0.495 e. The second kappa shape index (κ2) is 4.75. The molecule has 0 aromatic carbocycles. The van der Waals surface area contributed by atoms with Gasteiger partial charge in [-0.15, -0.1) is 0 Å². The van der Waals surface area contributed by atoms with E-state index in [1.54, 1.807) is 13.3 Å². The summed E-state index contributed by atoms with van der Waals surface area (Å²) in [5, 5.41) is 1.12. The third kappa shape index (κ3) is 2.42. The molecule has 0 saturated carbocycles. The molecule has 17 heavy (non-hydrogen) atoms. The number of nitrogens with zero attached hydrogens (tertiary/aromatic N) is 3. The number of fused-ring (bicyclic) bond motifs is 1. The number of rotatable bonds is 4. The van der Waals surface area contributed by atoms with Crippen LogP contribution in [0.5, 0.6) is 5.75 Å². The third-order valence-corrected chi connectivity index (χ3v) is 3.15. The van der Waals surface area contributed by atoms with Gasteiger partial charge in [-0.05, 0) is 33.2 Å². The van der Waals surface area contributed by atoms with Crippen molar-refractivity contribution in [2.75, 3.05) is 21.2 Å². The quantitative estimate of drug-likeness (QED) is 0.809. The average Bonchev–Trinajstić information content (AvgIpc) is 2.71. The highest BCUT2D eigenvalue weighted by Gasteiger charge is 2.09. The normalized spacial score (nSPS) is 13.2. The minimum atomic E-state index is 0.481. The number of pyridine rings is 1. The molecule has 1 unspecified atom stereocenters. The molecule has 4 heteroatoms. The number of aromatic nitrogens is 2. The Hall–Kier alpha value is -1.55. The van der Waals surface area contributed by atoms with Gasteiger partial charge in [-0.2, -0.15) is 0 Å². The largest absolute Gasteiger partial charge is 0.495 e. The van der Waals surface area contributed by atoms with Crippen LogP contribution in [0.4, 0.5) is 0 Å². The maximum Gasteiger partial charge on any atom is 0.140 e. The Labute approximate surface area is 102 Å². The van der Waals surface area contributed by atoms with Crippen LogP contribution in [0.3, 0.4) is 0 Å². The van der Waals surface area contributed by atoms with Gasteiger partial charge in [0, 0.05) is 24.2 Å². The summed E-state index contributed by atoms with van der Waals surface area (Å²) in [5.41, 5.74) is 1.01. The topological polar surface area (TPSA) is 30.3 Å². The number of ether oxygens (including phenoxy) is 1. The van der Waals surface area contributed by atoms with Crippen LogP contribution in [-0.4, -0.2) is 41.7 Å². The molecular weight excluding hydrogens is 214 g/mol. The van der Waals surface area contributed by atoms with E-state index in [4.69, 9.17) is 4.74 Å². The van der Waals surface area contributed by atoms with Crippen LogP contribution in [0.2, 0.25) is 0 Å². The molecule has 0 radical (unpaired) electrons. The molecule has 0 aliphatic carbocycles. The van der Waals surface area contributed by atoms with Crippen molar-refractivity contribution < 1.29 is 4.74 Å². The fourth-order valence-electron chi connectivity index (χ4n) is 1.76. The lowest BCUT2D eigenvalue weighted by atomic mass is 10.3. The van der Waals surface area contributed by atoms with Crippen molar-refractivity contribution in [3.05, 3.63) is 24.5 Å². The molecule has 4 nitrogen and oxygen atoms in total. The molecule has 1 atom stereocenters. The predicted octanol–water partition coefficient (Wildman–Crippen LogP) is 1.99. The predicted molar refractivity (Wildman–Crippen MR) is 69.4 cm³/mol. The zero-order valence-corrected chi connectivity index (χ0v) is 10.8. The SMILES string of the molecule is COc1cnc2c(ccn2CC(C)N(C)C)c1. The summed E-state index contributed by atoms with van der Waals surface area (Å²) in [4.78, 5) is 6.65. The number of likely N-dealkylation sites (N-methyl/N-ethyl adjacent to an activating group) is 1. The lowest BCUT2D eigenvalue weighted by Crippen LogP contribution is -2.29. The van der Waals surface area contributed by atoms with E-state index in [0.717, 1.165) is 23.3 Å². The first-order chi connectivity index (χ1) is 8.11. The maximum atomic E-state index is 5.17. The van der Waals surface area contributed by atoms with Crippen molar-refractivity contribution in [1.29, 1.82) is 0 Å². The zero-order chi connectivity index (χ0) is 12.4. The van der Waals surface area contributed by atoms with Crippen molar-refractivity contribution in [1.82, 2.24) is 14.5 Å². The first-order valence-corrected chi connectivity index (χ1v) is 5.77. The molecule has 0 fully saturated rings. The second-order valence-electron chi connectivity index (χ2n) is 4.57. The van der Waals surface area contributed by atoms with Crippen molar-refractivity contribution in [3.8, 4) is 5.75 Å². The van der Waals surface area contributed by atoms with Crippen LogP contribution >= 0.6 is 0 Å². The Balaban J connectivity index is 2.30. The molecule has 2 heterocycles. The molecule has 0 aliphatic rings. The van der Waals surface area contributed by atoms with E-state index in [1.807, 2.05) is 6.07 Å². The summed E-state index contributed by atoms with van der Waals surface area (Å²) in [6.45, 7) is 3.14. The molecule has 2 aromatic heterocycles. The summed E-state index contributed by atoms with van der Waals surface area (Å²) in [5.74, 6) is 0.802. The second-order valence-corrected chi connectivity index (χ2v) is 4.57. The minimum absolute atomic E-state index is 0.481. The highest BCUT2D eigenvalue weighted by Crippen LogP contribution is 2.19. The molecule has 0 aliphatic heterocycles. The zero-order valence-electron chi connectivity index (χ0n) is 10.8. The fraction of sp³-hybridized carbons (Fsp3) is 0.462. The fourth-order valence-corrected chi connectivity index (χ4v) is 1.76. The maximum absolute atomic E-state index is 5.17. The Morgan fingerprint density at radius 3 is 2.88 bits per heavy atom. The van der Waals surface area contributed by atoms with Gasteiger partial charge < -0.3 is 14.2 Å². The number of methoxy groups -OCH3 is 1. The van der Waals surface area contributed by atoms with Gasteiger partial charge >= 0.3 is 0 Å². The van der Waals surface area contributed by atoms with Crippen molar-refractivity contribution in [2.24, 2.45) is 0 Å². The van der Waals surface area contributed by atoms with E-state index in [9.17, 15) is 0 Å². The lowest BCUT2D eigenvalue weighted by Gasteiger charge is -2.20. The molecule has 2 rings (SSSR count). The van der Waals surface area contributed by atoms with Gasteiger partial charge in [-0.3, -0.25) is 0 Å². The number of hydrogen-bond acceptors (Lipinski definition) is 3. The van der Waals surface area contributed by atoms with Crippen LogP contribution in [-0.2, 0) is 6.54 Å². The Morgan fingerprint density at radius 1 is 1.47 bits per heavy atom. The standard InChI is InChI=1S/C13H19N3O/c1-10(15(2)3)9-16-6-5-11-7-12(17-4)8-14-13(11)16/h5-8,10H,9H2,1-4H3. The first kappa shape index (κ1) is 11.9. The Bertz CT molecular complexity index is 504. The van der Waals surface area contributed by atoms with E-state index in [0.29, 0.717) is 6.04 Å². The van der Waals surface area contributed by atoms with Crippen LogP contribution in [0.25, 0.3) is 11.0 Å². The van der Waals surface area contributed by atoms with Crippen LogP contribution in [0, 0.1) is 0 Å². The van der Waals surface area contributed by atoms with Gasteiger partial charge in [-0.25, -0.2) is 4.98 Å². The summed E-state index contributed by atoms with van der Waals surface area (Å²) in [7, 11) is 5.84. The van der Waals surface area contributed by atoms with Crippen LogP contribution < -0.4 is 4.74 Å². The van der Waals surface area contributed by atoms with Gasteiger partial charge in [0.1, 0.15) is 11.4 Å². The first-order valence-electron chi connectivity index (χ1n) is 5.77. The summed E-state index contributed by atoms with van der Waals surface area (Å²) < 4.78 is 7.35. The van der Waals surface area contributed by atoms with Crippen molar-refractivity contribution in [3.63, 3.8) is 0 Å².